The standard InChI is InChI=1S/C18H19Cl2N3O2/c1-2-3-4-6-22-18(25)16-8-12(5-7-21-16)17(24)23-15-10-13(19)9-14(20)11-15/h5,7-11H,2-4,6H2,1H3,(H,22,25)(H,23,24). The molecule has 0 bridgehead atoms. The fourth-order valence-corrected chi connectivity index (χ4v) is 2.72. The lowest BCUT2D eigenvalue weighted by Crippen LogP contribution is -2.25. The van der Waals surface area contributed by atoms with Crippen molar-refractivity contribution in [2.45, 2.75) is 26.2 Å². The third-order valence-electron chi connectivity index (χ3n) is 3.44. The Morgan fingerprint density at radius 3 is 2.44 bits per heavy atom. The molecule has 2 aromatic rings. The number of benzene rings is 1. The minimum absolute atomic E-state index is 0.202. The lowest BCUT2D eigenvalue weighted by Gasteiger charge is -2.08. The Labute approximate surface area is 156 Å². The summed E-state index contributed by atoms with van der Waals surface area (Å²) in [7, 11) is 0. The first kappa shape index (κ1) is 19.2. The second-order valence-electron chi connectivity index (χ2n) is 5.51. The number of carbonyl (C=O) groups excluding carboxylic acids is 2. The number of unbranched alkanes of at least 4 members (excludes halogenated alkanes) is 2. The van der Waals surface area contributed by atoms with Gasteiger partial charge in [-0.15, -0.1) is 0 Å². The Hall–Kier alpha value is -2.11. The zero-order valence-corrected chi connectivity index (χ0v) is 15.3. The van der Waals surface area contributed by atoms with Crippen LogP contribution in [0, 0.1) is 0 Å². The Kier molecular flexibility index (Phi) is 7.22. The van der Waals surface area contributed by atoms with Crippen molar-refractivity contribution in [1.29, 1.82) is 0 Å². The van der Waals surface area contributed by atoms with E-state index in [1.165, 1.54) is 18.3 Å². The van der Waals surface area contributed by atoms with Crippen molar-refractivity contribution in [3.8, 4) is 0 Å². The molecule has 0 radical (unpaired) electrons. The van der Waals surface area contributed by atoms with Gasteiger partial charge in [0.2, 0.25) is 0 Å². The molecule has 0 aliphatic heterocycles. The zero-order valence-electron chi connectivity index (χ0n) is 13.8. The number of amides is 2. The van der Waals surface area contributed by atoms with Crippen molar-refractivity contribution in [1.82, 2.24) is 10.3 Å². The van der Waals surface area contributed by atoms with E-state index in [1.807, 2.05) is 0 Å². The van der Waals surface area contributed by atoms with Gasteiger partial charge in [0.15, 0.2) is 0 Å². The van der Waals surface area contributed by atoms with Gasteiger partial charge >= 0.3 is 0 Å². The quantitative estimate of drug-likeness (QED) is 0.692. The average molecular weight is 380 g/mol. The maximum absolute atomic E-state index is 12.4. The highest BCUT2D eigenvalue weighted by molar-refractivity contribution is 6.35. The largest absolute Gasteiger partial charge is 0.351 e. The van der Waals surface area contributed by atoms with Crippen LogP contribution in [0.4, 0.5) is 5.69 Å². The molecule has 0 fully saturated rings. The summed E-state index contributed by atoms with van der Waals surface area (Å²) in [6.07, 6.45) is 4.48. The van der Waals surface area contributed by atoms with Crippen LogP contribution in [0.15, 0.2) is 36.5 Å². The summed E-state index contributed by atoms with van der Waals surface area (Å²) < 4.78 is 0. The lowest BCUT2D eigenvalue weighted by molar-refractivity contribution is 0.0948. The van der Waals surface area contributed by atoms with Crippen LogP contribution < -0.4 is 10.6 Å². The molecule has 1 heterocycles. The van der Waals surface area contributed by atoms with Crippen LogP contribution in [0.2, 0.25) is 10.0 Å². The van der Waals surface area contributed by atoms with Crippen LogP contribution in [0.3, 0.4) is 0 Å². The molecule has 5 nitrogen and oxygen atoms in total. The first-order valence-electron chi connectivity index (χ1n) is 8.01. The molecule has 2 amide bonds. The van der Waals surface area contributed by atoms with Gasteiger partial charge in [-0.2, -0.15) is 0 Å². The third-order valence-corrected chi connectivity index (χ3v) is 3.88. The van der Waals surface area contributed by atoms with Crippen molar-refractivity contribution in [2.24, 2.45) is 0 Å². The van der Waals surface area contributed by atoms with Crippen molar-refractivity contribution >= 4 is 40.7 Å². The maximum atomic E-state index is 12.4. The molecular weight excluding hydrogens is 361 g/mol. The SMILES string of the molecule is CCCCCNC(=O)c1cc(C(=O)Nc2cc(Cl)cc(Cl)c2)ccn1. The smallest absolute Gasteiger partial charge is 0.269 e. The third kappa shape index (κ3) is 6.03. The predicted molar refractivity (Wildman–Crippen MR) is 101 cm³/mol. The summed E-state index contributed by atoms with van der Waals surface area (Å²) in [5.41, 5.74) is 1.00. The van der Waals surface area contributed by atoms with E-state index in [9.17, 15) is 9.59 Å². The fourth-order valence-electron chi connectivity index (χ4n) is 2.19. The molecule has 0 saturated carbocycles. The Balaban J connectivity index is 2.04. The number of nitrogens with zero attached hydrogens (tertiary/aromatic N) is 1. The molecule has 2 rings (SSSR count). The molecular formula is C18H19Cl2N3O2. The fraction of sp³-hybridized carbons (Fsp3) is 0.278. The van der Waals surface area contributed by atoms with E-state index in [2.05, 4.69) is 22.5 Å². The van der Waals surface area contributed by atoms with Crippen molar-refractivity contribution in [3.05, 3.63) is 57.8 Å². The van der Waals surface area contributed by atoms with Crippen molar-refractivity contribution in [2.75, 3.05) is 11.9 Å². The van der Waals surface area contributed by atoms with E-state index in [-0.39, 0.29) is 17.5 Å². The monoisotopic (exact) mass is 379 g/mol. The molecule has 132 valence electrons. The topological polar surface area (TPSA) is 71.1 Å². The minimum atomic E-state index is -0.374. The first-order valence-corrected chi connectivity index (χ1v) is 8.77. The van der Waals surface area contributed by atoms with Gasteiger partial charge in [0.05, 0.1) is 0 Å². The zero-order chi connectivity index (χ0) is 18.2. The van der Waals surface area contributed by atoms with Gasteiger partial charge in [-0.3, -0.25) is 14.6 Å². The van der Waals surface area contributed by atoms with Crippen molar-refractivity contribution < 1.29 is 9.59 Å². The number of nitrogens with one attached hydrogen (secondary N) is 2. The van der Waals surface area contributed by atoms with E-state index < -0.39 is 0 Å². The molecule has 0 spiro atoms. The highest BCUT2D eigenvalue weighted by Crippen LogP contribution is 2.22. The second kappa shape index (κ2) is 9.39. The summed E-state index contributed by atoms with van der Waals surface area (Å²) in [6, 6.07) is 7.75. The highest BCUT2D eigenvalue weighted by atomic mass is 35.5. The van der Waals surface area contributed by atoms with E-state index in [0.29, 0.717) is 27.8 Å². The number of halogens is 2. The van der Waals surface area contributed by atoms with Crippen LogP contribution in [0.1, 0.15) is 47.0 Å². The van der Waals surface area contributed by atoms with Crippen LogP contribution in [-0.2, 0) is 0 Å². The molecule has 25 heavy (non-hydrogen) atoms. The number of hydrogen-bond acceptors (Lipinski definition) is 3. The predicted octanol–water partition coefficient (Wildman–Crippen LogP) is 4.56. The summed E-state index contributed by atoms with van der Waals surface area (Å²) in [6.45, 7) is 2.68. The number of pyridine rings is 1. The van der Waals surface area contributed by atoms with Crippen LogP contribution in [0.5, 0.6) is 0 Å². The summed E-state index contributed by atoms with van der Waals surface area (Å²) >= 11 is 11.8. The molecule has 0 unspecified atom stereocenters. The molecule has 7 heteroatoms. The van der Waals surface area contributed by atoms with Gasteiger partial charge in [-0.05, 0) is 36.8 Å². The number of carbonyl (C=O) groups is 2. The molecule has 0 atom stereocenters. The van der Waals surface area contributed by atoms with Gasteiger partial charge in [0.1, 0.15) is 5.69 Å². The van der Waals surface area contributed by atoms with E-state index in [1.54, 1.807) is 18.2 Å². The summed E-state index contributed by atoms with van der Waals surface area (Å²) in [5, 5.41) is 6.34. The van der Waals surface area contributed by atoms with Crippen LogP contribution in [-0.4, -0.2) is 23.3 Å². The lowest BCUT2D eigenvalue weighted by atomic mass is 10.2. The Bertz CT molecular complexity index is 745. The van der Waals surface area contributed by atoms with Gasteiger partial charge in [0, 0.05) is 34.0 Å². The van der Waals surface area contributed by atoms with Crippen LogP contribution in [0.25, 0.3) is 0 Å². The number of rotatable bonds is 7. The molecule has 0 saturated heterocycles. The van der Waals surface area contributed by atoms with E-state index in [4.69, 9.17) is 23.2 Å². The van der Waals surface area contributed by atoms with E-state index >= 15 is 0 Å². The first-order chi connectivity index (χ1) is 12.0. The van der Waals surface area contributed by atoms with Gasteiger partial charge in [-0.1, -0.05) is 43.0 Å². The summed E-state index contributed by atoms with van der Waals surface area (Å²) in [4.78, 5) is 28.5. The molecule has 1 aromatic heterocycles. The second-order valence-corrected chi connectivity index (χ2v) is 6.38. The van der Waals surface area contributed by atoms with E-state index in [0.717, 1.165) is 19.3 Å². The number of anilines is 1. The maximum Gasteiger partial charge on any atom is 0.269 e. The molecule has 0 aliphatic rings. The Morgan fingerprint density at radius 1 is 1.04 bits per heavy atom. The highest BCUT2D eigenvalue weighted by Gasteiger charge is 2.12. The molecule has 2 N–H and O–H groups in total. The van der Waals surface area contributed by atoms with Crippen molar-refractivity contribution in [3.63, 3.8) is 0 Å². The molecule has 0 aliphatic carbocycles. The number of hydrogen-bond donors (Lipinski definition) is 2. The van der Waals surface area contributed by atoms with Crippen LogP contribution >= 0.6 is 23.2 Å². The van der Waals surface area contributed by atoms with Gasteiger partial charge < -0.3 is 10.6 Å². The molecule has 1 aromatic carbocycles. The normalized spacial score (nSPS) is 10.4. The minimum Gasteiger partial charge on any atom is -0.351 e. The summed E-state index contributed by atoms with van der Waals surface area (Å²) in [5.74, 6) is -0.669. The Morgan fingerprint density at radius 2 is 1.76 bits per heavy atom. The van der Waals surface area contributed by atoms with Gasteiger partial charge in [-0.25, -0.2) is 0 Å². The average Bonchev–Trinajstić information content (AvgIpc) is 2.57. The van der Waals surface area contributed by atoms with Gasteiger partial charge in [0.25, 0.3) is 11.8 Å². The number of aromatic nitrogens is 1.